The first-order chi connectivity index (χ1) is 16.6. The van der Waals surface area contributed by atoms with Gasteiger partial charge in [-0.3, -0.25) is 14.8 Å². The molecule has 2 aromatic heterocycles. The molecule has 0 aliphatic heterocycles. The van der Waals surface area contributed by atoms with Crippen molar-refractivity contribution in [3.8, 4) is 23.0 Å². The van der Waals surface area contributed by atoms with Gasteiger partial charge in [0.15, 0.2) is 17.3 Å². The smallest absolute Gasteiger partial charge is 0.415 e. The van der Waals surface area contributed by atoms with Crippen LogP contribution in [0.25, 0.3) is 22.6 Å². The largest absolute Gasteiger partial charge is 0.493 e. The van der Waals surface area contributed by atoms with E-state index in [0.29, 0.717) is 52.6 Å². The number of rotatable bonds is 6. The van der Waals surface area contributed by atoms with Crippen molar-refractivity contribution in [3.63, 3.8) is 0 Å². The summed E-state index contributed by atoms with van der Waals surface area (Å²) in [7, 11) is 3.11. The predicted octanol–water partition coefficient (Wildman–Crippen LogP) is 3.90. The van der Waals surface area contributed by atoms with Crippen LogP contribution in [0, 0.1) is 0 Å². The number of amides is 2. The van der Waals surface area contributed by atoms with Crippen LogP contribution in [-0.4, -0.2) is 57.5 Å². The highest BCUT2D eigenvalue weighted by Gasteiger charge is 2.49. The number of hydrogen-bond acceptors (Lipinski definition) is 7. The van der Waals surface area contributed by atoms with Crippen LogP contribution in [0.5, 0.6) is 11.5 Å². The monoisotopic (exact) mass is 484 g/mol. The summed E-state index contributed by atoms with van der Waals surface area (Å²) in [4.78, 5) is 35.8. The fraction of sp³-hybridized carbons (Fsp3) is 0.500. The number of aromatic nitrogens is 4. The van der Waals surface area contributed by atoms with Gasteiger partial charge in [0.05, 0.1) is 37.1 Å². The van der Waals surface area contributed by atoms with Crippen LogP contribution in [-0.2, 0) is 9.53 Å². The number of nitrogens with two attached hydrogens (primary N) is 1. The standard InChI is InChI=1S/C24H32N6O5/c1-23(2,3)35-22(32)30(24(21(25)31)9-7-6-8-10-24)16-13-26-29-19(16)20-27-14-11-17(33-4)18(34-5)12-15(14)28-20/h11-13H,6-10H2,1-5H3,(H2,25,31)(H,26,29)(H,27,28). The summed E-state index contributed by atoms with van der Waals surface area (Å²) in [6.07, 6.45) is 4.18. The topological polar surface area (TPSA) is 148 Å². The number of methoxy groups -OCH3 is 2. The third-order valence-electron chi connectivity index (χ3n) is 6.23. The second-order valence-electron chi connectivity index (χ2n) is 9.71. The van der Waals surface area contributed by atoms with Crippen LogP contribution < -0.4 is 20.1 Å². The summed E-state index contributed by atoms with van der Waals surface area (Å²) in [5.41, 5.74) is 6.05. The van der Waals surface area contributed by atoms with Crippen LogP contribution >= 0.6 is 0 Å². The molecule has 1 fully saturated rings. The number of benzene rings is 1. The zero-order valence-corrected chi connectivity index (χ0v) is 20.7. The second kappa shape index (κ2) is 9.12. The minimum Gasteiger partial charge on any atom is -0.493 e. The highest BCUT2D eigenvalue weighted by Crippen LogP contribution is 2.41. The predicted molar refractivity (Wildman–Crippen MR) is 131 cm³/mol. The molecule has 1 saturated carbocycles. The average Bonchev–Trinajstić information content (AvgIpc) is 3.43. The number of hydrogen-bond donors (Lipinski definition) is 3. The summed E-state index contributed by atoms with van der Waals surface area (Å²) in [6.45, 7) is 5.32. The molecular weight excluding hydrogens is 452 g/mol. The molecule has 1 aromatic carbocycles. The van der Waals surface area contributed by atoms with E-state index in [2.05, 4.69) is 20.2 Å². The van der Waals surface area contributed by atoms with Crippen LogP contribution in [0.3, 0.4) is 0 Å². The SMILES string of the molecule is COc1cc2nc(-c3[nH]ncc3N(C(=O)OC(C)(C)C)C3(C(N)=O)CCCCC3)[nH]c2cc1OC. The molecule has 2 amide bonds. The molecule has 11 heteroatoms. The van der Waals surface area contributed by atoms with E-state index in [1.165, 1.54) is 11.1 Å². The number of imidazole rings is 1. The third kappa shape index (κ3) is 4.50. The molecule has 0 radical (unpaired) electrons. The molecule has 4 rings (SSSR count). The maximum absolute atomic E-state index is 13.6. The van der Waals surface area contributed by atoms with Gasteiger partial charge in [-0.2, -0.15) is 5.10 Å². The van der Waals surface area contributed by atoms with Gasteiger partial charge in [0, 0.05) is 12.1 Å². The Balaban J connectivity index is 1.86. The Labute approximate surface area is 203 Å². The van der Waals surface area contributed by atoms with Crippen LogP contribution in [0.4, 0.5) is 10.5 Å². The molecule has 11 nitrogen and oxygen atoms in total. The van der Waals surface area contributed by atoms with E-state index in [-0.39, 0.29) is 0 Å². The van der Waals surface area contributed by atoms with Gasteiger partial charge in [0.2, 0.25) is 5.91 Å². The highest BCUT2D eigenvalue weighted by atomic mass is 16.6. The summed E-state index contributed by atoms with van der Waals surface area (Å²) in [6, 6.07) is 3.53. The van der Waals surface area contributed by atoms with Gasteiger partial charge in [0.1, 0.15) is 16.8 Å². The van der Waals surface area contributed by atoms with Gasteiger partial charge in [-0.25, -0.2) is 9.78 Å². The zero-order valence-electron chi connectivity index (χ0n) is 20.7. The van der Waals surface area contributed by atoms with Crippen LogP contribution in [0.2, 0.25) is 0 Å². The van der Waals surface area contributed by atoms with Gasteiger partial charge in [-0.1, -0.05) is 19.3 Å². The van der Waals surface area contributed by atoms with Crippen molar-refractivity contribution in [2.45, 2.75) is 64.0 Å². The van der Waals surface area contributed by atoms with Gasteiger partial charge >= 0.3 is 6.09 Å². The van der Waals surface area contributed by atoms with Crippen LogP contribution in [0.1, 0.15) is 52.9 Å². The van der Waals surface area contributed by atoms with Crippen molar-refractivity contribution >= 4 is 28.7 Å². The number of nitrogens with one attached hydrogen (secondary N) is 2. The number of fused-ring (bicyclic) bond motifs is 1. The first-order valence-corrected chi connectivity index (χ1v) is 11.6. The van der Waals surface area contributed by atoms with Crippen LogP contribution in [0.15, 0.2) is 18.3 Å². The number of anilines is 1. The van der Waals surface area contributed by atoms with Gasteiger partial charge in [0.25, 0.3) is 0 Å². The lowest BCUT2D eigenvalue weighted by Gasteiger charge is -2.43. The van der Waals surface area contributed by atoms with Gasteiger partial charge < -0.3 is 24.9 Å². The normalized spacial score (nSPS) is 15.6. The molecular formula is C24H32N6O5. The molecule has 0 spiro atoms. The van der Waals surface area contributed by atoms with E-state index in [1.807, 2.05) is 0 Å². The third-order valence-corrected chi connectivity index (χ3v) is 6.23. The van der Waals surface area contributed by atoms with Crippen molar-refractivity contribution in [1.82, 2.24) is 20.2 Å². The molecule has 0 bridgehead atoms. The molecule has 35 heavy (non-hydrogen) atoms. The molecule has 188 valence electrons. The minimum absolute atomic E-state index is 0.359. The van der Waals surface area contributed by atoms with E-state index in [4.69, 9.17) is 19.9 Å². The summed E-state index contributed by atoms with van der Waals surface area (Å²) < 4.78 is 16.5. The summed E-state index contributed by atoms with van der Waals surface area (Å²) in [5.74, 6) is 0.930. The Morgan fingerprint density at radius 1 is 1.09 bits per heavy atom. The van der Waals surface area contributed by atoms with Crippen molar-refractivity contribution in [2.24, 2.45) is 5.73 Å². The number of carbonyl (C=O) groups is 2. The minimum atomic E-state index is -1.24. The van der Waals surface area contributed by atoms with Gasteiger partial charge in [-0.15, -0.1) is 0 Å². The molecule has 0 saturated heterocycles. The van der Waals surface area contributed by atoms with E-state index in [0.717, 1.165) is 19.3 Å². The van der Waals surface area contributed by atoms with Gasteiger partial charge in [-0.05, 0) is 33.6 Å². The Morgan fingerprint density at radius 3 is 2.34 bits per heavy atom. The Morgan fingerprint density at radius 2 is 1.74 bits per heavy atom. The first kappa shape index (κ1) is 24.4. The number of H-pyrrole nitrogens is 2. The molecule has 1 aliphatic rings. The van der Waals surface area contributed by atoms with E-state index >= 15 is 0 Å². The lowest BCUT2D eigenvalue weighted by atomic mass is 9.79. The van der Waals surface area contributed by atoms with Crippen molar-refractivity contribution in [3.05, 3.63) is 18.3 Å². The number of carbonyl (C=O) groups excluding carboxylic acids is 2. The number of primary amides is 1. The average molecular weight is 485 g/mol. The van der Waals surface area contributed by atoms with Crippen molar-refractivity contribution < 1.29 is 23.8 Å². The second-order valence-corrected chi connectivity index (χ2v) is 9.71. The Kier molecular flexibility index (Phi) is 6.35. The lowest BCUT2D eigenvalue weighted by Crippen LogP contribution is -2.61. The maximum atomic E-state index is 13.6. The summed E-state index contributed by atoms with van der Waals surface area (Å²) in [5, 5.41) is 7.11. The van der Waals surface area contributed by atoms with Crippen molar-refractivity contribution in [1.29, 1.82) is 0 Å². The quantitative estimate of drug-likeness (QED) is 0.480. The fourth-order valence-electron chi connectivity index (χ4n) is 4.61. The fourth-order valence-corrected chi connectivity index (χ4v) is 4.61. The Bertz CT molecular complexity index is 1190. The highest BCUT2D eigenvalue weighted by molar-refractivity contribution is 6.02. The molecule has 0 unspecified atom stereocenters. The number of aromatic amines is 2. The molecule has 0 atom stereocenters. The maximum Gasteiger partial charge on any atom is 0.415 e. The molecule has 4 N–H and O–H groups in total. The number of nitrogens with zero attached hydrogens (tertiary/aromatic N) is 3. The zero-order chi connectivity index (χ0) is 25.4. The van der Waals surface area contributed by atoms with E-state index in [1.54, 1.807) is 47.1 Å². The molecule has 1 aliphatic carbocycles. The van der Waals surface area contributed by atoms with E-state index in [9.17, 15) is 9.59 Å². The van der Waals surface area contributed by atoms with Crippen molar-refractivity contribution in [2.75, 3.05) is 19.1 Å². The molecule has 3 aromatic rings. The summed E-state index contributed by atoms with van der Waals surface area (Å²) >= 11 is 0. The Hall–Kier alpha value is -3.76. The first-order valence-electron chi connectivity index (χ1n) is 11.6. The van der Waals surface area contributed by atoms with E-state index < -0.39 is 23.1 Å². The lowest BCUT2D eigenvalue weighted by molar-refractivity contribution is -0.124. The molecule has 2 heterocycles. The number of ether oxygens (including phenoxy) is 3.